The van der Waals surface area contributed by atoms with Gasteiger partial charge in [0.1, 0.15) is 10.8 Å². The van der Waals surface area contributed by atoms with Gasteiger partial charge in [0, 0.05) is 11.5 Å². The normalized spacial score (nSPS) is 11.3. The van der Waals surface area contributed by atoms with Gasteiger partial charge in [-0.05, 0) is 36.4 Å². The van der Waals surface area contributed by atoms with Crippen molar-refractivity contribution in [3.8, 4) is 5.75 Å². The van der Waals surface area contributed by atoms with Crippen molar-refractivity contribution in [2.45, 2.75) is 24.7 Å². The molecule has 0 atom stereocenters. The van der Waals surface area contributed by atoms with Gasteiger partial charge in [0.05, 0.1) is 17.7 Å². The van der Waals surface area contributed by atoms with Crippen molar-refractivity contribution in [2.75, 3.05) is 17.1 Å². The molecule has 0 saturated heterocycles. The van der Waals surface area contributed by atoms with E-state index in [9.17, 15) is 13.2 Å². The van der Waals surface area contributed by atoms with Crippen molar-refractivity contribution >= 4 is 38.1 Å². The molecule has 2 aromatic carbocycles. The van der Waals surface area contributed by atoms with Gasteiger partial charge in [-0.2, -0.15) is 0 Å². The molecule has 0 saturated carbocycles. The van der Waals surface area contributed by atoms with Crippen molar-refractivity contribution in [1.29, 1.82) is 0 Å². The van der Waals surface area contributed by atoms with Crippen LogP contribution < -0.4 is 14.8 Å². The lowest BCUT2D eigenvalue weighted by atomic mass is 10.2. The van der Waals surface area contributed by atoms with Crippen LogP contribution in [0.25, 0.3) is 0 Å². The Labute approximate surface area is 173 Å². The molecule has 0 aliphatic carbocycles. The zero-order valence-electron chi connectivity index (χ0n) is 16.0. The summed E-state index contributed by atoms with van der Waals surface area (Å²) in [4.78, 5) is 12.4. The molecule has 8 nitrogen and oxygen atoms in total. The molecule has 152 valence electrons. The lowest BCUT2D eigenvalue weighted by molar-refractivity contribution is 0.102. The van der Waals surface area contributed by atoms with E-state index in [1.165, 1.54) is 42.7 Å². The molecule has 0 radical (unpaired) electrons. The van der Waals surface area contributed by atoms with E-state index in [4.69, 9.17) is 4.74 Å². The Morgan fingerprint density at radius 1 is 1.07 bits per heavy atom. The number of methoxy groups -OCH3 is 1. The maximum atomic E-state index is 12.6. The molecule has 0 unspecified atom stereocenters. The van der Waals surface area contributed by atoms with Gasteiger partial charge in [-0.1, -0.05) is 37.3 Å². The number of carbonyl (C=O) groups is 1. The highest BCUT2D eigenvalue weighted by Gasteiger charge is 2.18. The van der Waals surface area contributed by atoms with Crippen LogP contribution in [0.4, 0.5) is 10.8 Å². The molecule has 0 spiro atoms. The van der Waals surface area contributed by atoms with Crippen molar-refractivity contribution < 1.29 is 17.9 Å². The topological polar surface area (TPSA) is 110 Å². The van der Waals surface area contributed by atoms with Gasteiger partial charge in [-0.15, -0.1) is 10.2 Å². The quantitative estimate of drug-likeness (QED) is 0.589. The molecule has 0 bridgehead atoms. The highest BCUT2D eigenvalue weighted by atomic mass is 32.2. The van der Waals surface area contributed by atoms with Crippen molar-refractivity contribution in [3.05, 3.63) is 59.1 Å². The fourth-order valence-electron chi connectivity index (χ4n) is 2.41. The van der Waals surface area contributed by atoms with Gasteiger partial charge in [-0.25, -0.2) is 8.42 Å². The second-order valence-corrected chi connectivity index (χ2v) is 9.08. The maximum Gasteiger partial charge on any atom is 0.262 e. The van der Waals surface area contributed by atoms with Gasteiger partial charge in [0.25, 0.3) is 15.9 Å². The molecule has 10 heteroatoms. The molecule has 0 fully saturated rings. The summed E-state index contributed by atoms with van der Waals surface area (Å²) in [6.07, 6.45) is 0. The number of carbonyl (C=O) groups excluding carboxylic acids is 1. The van der Waals surface area contributed by atoms with Crippen LogP contribution in [0.3, 0.4) is 0 Å². The molecule has 0 aliphatic heterocycles. The summed E-state index contributed by atoms with van der Waals surface area (Å²) < 4.78 is 32.9. The zero-order valence-corrected chi connectivity index (χ0v) is 17.7. The predicted octanol–water partition coefficient (Wildman–Crippen LogP) is 3.72. The molecule has 3 rings (SSSR count). The molecule has 1 aromatic heterocycles. The lowest BCUT2D eigenvalue weighted by Crippen LogP contribution is -2.15. The average Bonchev–Trinajstić information content (AvgIpc) is 3.17. The minimum atomic E-state index is -3.84. The number of para-hydroxylation sites is 2. The average molecular weight is 433 g/mol. The van der Waals surface area contributed by atoms with Crippen molar-refractivity contribution in [2.24, 2.45) is 0 Å². The first-order chi connectivity index (χ1) is 13.8. The van der Waals surface area contributed by atoms with Gasteiger partial charge >= 0.3 is 0 Å². The monoisotopic (exact) mass is 432 g/mol. The number of rotatable bonds is 7. The second-order valence-electron chi connectivity index (χ2n) is 6.38. The molecular formula is C19H20N4O4S2. The number of sulfonamides is 1. The van der Waals surface area contributed by atoms with E-state index >= 15 is 0 Å². The fraction of sp³-hybridized carbons (Fsp3) is 0.211. The zero-order chi connectivity index (χ0) is 21.0. The Balaban J connectivity index is 1.73. The van der Waals surface area contributed by atoms with Crippen LogP contribution in [0.2, 0.25) is 0 Å². The Bertz CT molecular complexity index is 1110. The van der Waals surface area contributed by atoms with E-state index in [1.54, 1.807) is 24.3 Å². The summed E-state index contributed by atoms with van der Waals surface area (Å²) in [5.41, 5.74) is 0.636. The number of nitrogens with zero attached hydrogens (tertiary/aromatic N) is 2. The first-order valence-electron chi connectivity index (χ1n) is 8.71. The van der Waals surface area contributed by atoms with Crippen LogP contribution in [0.15, 0.2) is 53.4 Å². The summed E-state index contributed by atoms with van der Waals surface area (Å²) in [5, 5.41) is 11.9. The number of ether oxygens (including phenoxy) is 1. The lowest BCUT2D eigenvalue weighted by Gasteiger charge is -2.11. The van der Waals surface area contributed by atoms with Gasteiger partial charge in [0.2, 0.25) is 5.13 Å². The summed E-state index contributed by atoms with van der Waals surface area (Å²) >= 11 is 1.30. The predicted molar refractivity (Wildman–Crippen MR) is 112 cm³/mol. The molecular weight excluding hydrogens is 412 g/mol. The fourth-order valence-corrected chi connectivity index (χ4v) is 4.22. The summed E-state index contributed by atoms with van der Waals surface area (Å²) in [6.45, 7) is 3.98. The molecule has 3 aromatic rings. The molecule has 1 heterocycles. The minimum absolute atomic E-state index is 0.0259. The highest BCUT2D eigenvalue weighted by Crippen LogP contribution is 2.26. The van der Waals surface area contributed by atoms with Crippen LogP contribution in [0, 0.1) is 0 Å². The number of hydrogen-bond acceptors (Lipinski definition) is 7. The van der Waals surface area contributed by atoms with E-state index in [1.807, 2.05) is 13.8 Å². The van der Waals surface area contributed by atoms with Crippen molar-refractivity contribution in [1.82, 2.24) is 10.2 Å². The van der Waals surface area contributed by atoms with E-state index in [0.717, 1.165) is 5.01 Å². The van der Waals surface area contributed by atoms with Gasteiger partial charge in [0.15, 0.2) is 0 Å². The molecule has 29 heavy (non-hydrogen) atoms. The summed E-state index contributed by atoms with van der Waals surface area (Å²) in [5.74, 6) is 0.237. The Morgan fingerprint density at radius 2 is 1.76 bits per heavy atom. The summed E-state index contributed by atoms with van der Waals surface area (Å²) in [6, 6.07) is 12.3. The Kier molecular flexibility index (Phi) is 6.14. The van der Waals surface area contributed by atoms with Crippen LogP contribution in [0.5, 0.6) is 5.75 Å². The van der Waals surface area contributed by atoms with E-state index < -0.39 is 15.9 Å². The third-order valence-electron chi connectivity index (χ3n) is 3.93. The number of anilines is 2. The number of benzene rings is 2. The summed E-state index contributed by atoms with van der Waals surface area (Å²) in [7, 11) is -2.37. The minimum Gasteiger partial charge on any atom is -0.495 e. The van der Waals surface area contributed by atoms with Gasteiger partial charge < -0.3 is 4.74 Å². The Morgan fingerprint density at radius 3 is 2.38 bits per heavy atom. The number of nitrogens with one attached hydrogen (secondary N) is 2. The van der Waals surface area contributed by atoms with Crippen LogP contribution in [-0.4, -0.2) is 31.6 Å². The molecule has 2 N–H and O–H groups in total. The first-order valence-corrected chi connectivity index (χ1v) is 11.0. The standard InChI is InChI=1S/C19H20N4O4S2/c1-12(2)18-21-22-19(28-18)20-17(24)13-8-10-14(11-9-13)29(25,26)23-15-6-4-5-7-16(15)27-3/h4-12,23H,1-3H3,(H,20,22,24). The van der Waals surface area contributed by atoms with Crippen LogP contribution in [0.1, 0.15) is 35.1 Å². The van der Waals surface area contributed by atoms with Crippen molar-refractivity contribution in [3.63, 3.8) is 0 Å². The number of hydrogen-bond donors (Lipinski definition) is 2. The molecule has 0 aliphatic rings. The third kappa shape index (κ3) is 4.90. The largest absolute Gasteiger partial charge is 0.495 e. The van der Waals surface area contributed by atoms with Gasteiger partial charge in [-0.3, -0.25) is 14.8 Å². The second kappa shape index (κ2) is 8.58. The molecule has 1 amide bonds. The van der Waals surface area contributed by atoms with E-state index in [-0.39, 0.29) is 10.8 Å². The first kappa shape index (κ1) is 20.7. The van der Waals surface area contributed by atoms with E-state index in [0.29, 0.717) is 22.1 Å². The maximum absolute atomic E-state index is 12.6. The number of aromatic nitrogens is 2. The van der Waals surface area contributed by atoms with E-state index in [2.05, 4.69) is 20.2 Å². The Hall–Kier alpha value is -2.98. The smallest absolute Gasteiger partial charge is 0.262 e. The van der Waals surface area contributed by atoms with Crippen LogP contribution >= 0.6 is 11.3 Å². The SMILES string of the molecule is COc1ccccc1NS(=O)(=O)c1ccc(C(=O)Nc2nnc(C(C)C)s2)cc1. The highest BCUT2D eigenvalue weighted by molar-refractivity contribution is 7.92. The van der Waals surface area contributed by atoms with Crippen LogP contribution in [-0.2, 0) is 10.0 Å². The third-order valence-corrected chi connectivity index (χ3v) is 6.45. The number of amides is 1.